The number of carbonyl (C=O) groups is 4. The summed E-state index contributed by atoms with van der Waals surface area (Å²) in [4.78, 5) is 53.3. The number of nitrogens with zero attached hydrogens (tertiary/aromatic N) is 2. The maximum Gasteiger partial charge on any atom is 0.243 e. The number of hydrogen-bond acceptors (Lipinski definition) is 5. The highest BCUT2D eigenvalue weighted by molar-refractivity contribution is 5.94. The van der Waals surface area contributed by atoms with E-state index in [0.717, 1.165) is 0 Å². The van der Waals surface area contributed by atoms with Crippen LogP contribution >= 0.6 is 0 Å². The monoisotopic (exact) mass is 426 g/mol. The molecule has 0 aromatic rings. The summed E-state index contributed by atoms with van der Waals surface area (Å²) in [6.45, 7) is 12.3. The Morgan fingerprint density at radius 3 is 1.87 bits per heavy atom. The summed E-state index contributed by atoms with van der Waals surface area (Å²) in [6, 6.07) is -0.862. The summed E-state index contributed by atoms with van der Waals surface area (Å²) in [5.74, 6) is -1.18. The van der Waals surface area contributed by atoms with Gasteiger partial charge < -0.3 is 20.4 Å². The normalized spacial score (nSPS) is 13.7. The predicted octanol–water partition coefficient (Wildman–Crippen LogP) is 1.29. The van der Waals surface area contributed by atoms with Crippen molar-refractivity contribution in [2.75, 3.05) is 40.8 Å². The molecule has 2 atom stereocenters. The fraction of sp³-hybridized carbons (Fsp3) is 0.818. The van der Waals surface area contributed by atoms with Crippen molar-refractivity contribution in [1.82, 2.24) is 20.4 Å². The van der Waals surface area contributed by atoms with Crippen molar-refractivity contribution in [3.63, 3.8) is 0 Å². The van der Waals surface area contributed by atoms with Crippen LogP contribution in [0.3, 0.4) is 0 Å². The Kier molecular flexibility index (Phi) is 11.8. The van der Waals surface area contributed by atoms with Gasteiger partial charge >= 0.3 is 0 Å². The smallest absolute Gasteiger partial charge is 0.243 e. The molecule has 0 aliphatic heterocycles. The molecule has 0 rings (SSSR count). The molecule has 8 heteroatoms. The van der Waals surface area contributed by atoms with Crippen LogP contribution in [-0.4, -0.2) is 80.1 Å². The fourth-order valence-corrected chi connectivity index (χ4v) is 2.65. The third kappa shape index (κ3) is 10.2. The lowest BCUT2D eigenvalue weighted by atomic mass is 9.86. The molecule has 2 N–H and O–H groups in total. The van der Waals surface area contributed by atoms with Gasteiger partial charge in [-0.2, -0.15) is 0 Å². The standard InChI is InChI=1S/C22H42N4O4/c1-15(2)19(28)23-11-10-16(3)21(30)26(9)17(14-18(27)22(4,5)6)20(29)24-12-13-25(7)8/h15-17H,10-14H2,1-9H3,(H,23,28)(H,24,29)/t16?,17-/m0/s1. The molecule has 0 spiro atoms. The molecule has 0 radical (unpaired) electrons. The van der Waals surface area contributed by atoms with Gasteiger partial charge in [-0.3, -0.25) is 19.2 Å². The Bertz CT molecular complexity index is 596. The summed E-state index contributed by atoms with van der Waals surface area (Å²) in [5.41, 5.74) is -0.598. The molecule has 0 saturated carbocycles. The minimum absolute atomic E-state index is 0.0314. The summed E-state index contributed by atoms with van der Waals surface area (Å²) >= 11 is 0. The Balaban J connectivity index is 5.16. The van der Waals surface area contributed by atoms with E-state index in [4.69, 9.17) is 0 Å². The topological polar surface area (TPSA) is 98.8 Å². The predicted molar refractivity (Wildman–Crippen MR) is 119 cm³/mol. The van der Waals surface area contributed by atoms with Crippen molar-refractivity contribution in [3.05, 3.63) is 0 Å². The lowest BCUT2D eigenvalue weighted by Gasteiger charge is -2.31. The quantitative estimate of drug-likeness (QED) is 0.490. The average molecular weight is 427 g/mol. The van der Waals surface area contributed by atoms with E-state index in [2.05, 4.69) is 10.6 Å². The molecule has 0 saturated heterocycles. The zero-order chi connectivity index (χ0) is 23.6. The lowest BCUT2D eigenvalue weighted by molar-refractivity contribution is -0.144. The van der Waals surface area contributed by atoms with Gasteiger partial charge in [0.15, 0.2) is 0 Å². The van der Waals surface area contributed by atoms with Gasteiger partial charge in [0.2, 0.25) is 17.7 Å². The van der Waals surface area contributed by atoms with Crippen LogP contribution in [0.2, 0.25) is 0 Å². The molecule has 0 heterocycles. The highest BCUT2D eigenvalue weighted by Gasteiger charge is 2.34. The molecule has 0 aromatic heterocycles. The van der Waals surface area contributed by atoms with Gasteiger partial charge in [0, 0.05) is 50.4 Å². The van der Waals surface area contributed by atoms with Crippen LogP contribution in [0.4, 0.5) is 0 Å². The van der Waals surface area contributed by atoms with Gasteiger partial charge in [-0.05, 0) is 20.5 Å². The van der Waals surface area contributed by atoms with E-state index in [1.165, 1.54) is 4.90 Å². The van der Waals surface area contributed by atoms with Crippen molar-refractivity contribution in [1.29, 1.82) is 0 Å². The minimum Gasteiger partial charge on any atom is -0.356 e. The van der Waals surface area contributed by atoms with Gasteiger partial charge in [-0.1, -0.05) is 41.5 Å². The second kappa shape index (κ2) is 12.7. The first kappa shape index (κ1) is 28.0. The van der Waals surface area contributed by atoms with E-state index in [1.54, 1.807) is 34.7 Å². The number of rotatable bonds is 12. The largest absolute Gasteiger partial charge is 0.356 e. The number of hydrogen-bond donors (Lipinski definition) is 2. The van der Waals surface area contributed by atoms with E-state index in [9.17, 15) is 19.2 Å². The average Bonchev–Trinajstić information content (AvgIpc) is 2.62. The number of amides is 3. The van der Waals surface area contributed by atoms with E-state index < -0.39 is 11.5 Å². The summed E-state index contributed by atoms with van der Waals surface area (Å²) in [6.07, 6.45) is 0.431. The first-order valence-corrected chi connectivity index (χ1v) is 10.7. The minimum atomic E-state index is -0.862. The number of likely N-dealkylation sites (N-methyl/N-ethyl adjacent to an activating group) is 2. The molecule has 174 valence electrons. The molecule has 8 nitrogen and oxygen atoms in total. The molecule has 0 aliphatic rings. The van der Waals surface area contributed by atoms with Crippen molar-refractivity contribution in [3.8, 4) is 0 Å². The second-order valence-corrected chi connectivity index (χ2v) is 9.57. The molecule has 30 heavy (non-hydrogen) atoms. The maximum atomic E-state index is 12.9. The highest BCUT2D eigenvalue weighted by Crippen LogP contribution is 2.20. The first-order valence-electron chi connectivity index (χ1n) is 10.7. The van der Waals surface area contributed by atoms with Gasteiger partial charge in [0.05, 0.1) is 0 Å². The first-order chi connectivity index (χ1) is 13.7. The lowest BCUT2D eigenvalue weighted by Crippen LogP contribution is -2.51. The number of Topliss-reactive ketones (excluding diaryl/α,β-unsaturated/α-hetero) is 1. The Labute approximate surface area is 182 Å². The number of carbonyl (C=O) groups excluding carboxylic acids is 4. The maximum absolute atomic E-state index is 12.9. The molecule has 0 aromatic carbocycles. The molecule has 0 aliphatic carbocycles. The van der Waals surface area contributed by atoms with Gasteiger partial charge in [0.25, 0.3) is 0 Å². The van der Waals surface area contributed by atoms with Crippen LogP contribution in [-0.2, 0) is 19.2 Å². The second-order valence-electron chi connectivity index (χ2n) is 9.57. The molecule has 3 amide bonds. The highest BCUT2D eigenvalue weighted by atomic mass is 16.2. The van der Waals surface area contributed by atoms with Gasteiger partial charge in [-0.25, -0.2) is 0 Å². The third-order valence-electron chi connectivity index (χ3n) is 5.01. The van der Waals surface area contributed by atoms with Gasteiger partial charge in [0.1, 0.15) is 11.8 Å². The van der Waals surface area contributed by atoms with Crippen LogP contribution in [0.25, 0.3) is 0 Å². The summed E-state index contributed by atoms with van der Waals surface area (Å²) < 4.78 is 0. The van der Waals surface area contributed by atoms with Crippen molar-refractivity contribution >= 4 is 23.5 Å². The number of nitrogens with one attached hydrogen (secondary N) is 2. The molecule has 0 bridgehead atoms. The van der Waals surface area contributed by atoms with Crippen molar-refractivity contribution < 1.29 is 19.2 Å². The summed E-state index contributed by atoms with van der Waals surface area (Å²) in [5, 5.41) is 5.63. The van der Waals surface area contributed by atoms with Crippen LogP contribution in [0, 0.1) is 17.3 Å². The zero-order valence-corrected chi connectivity index (χ0v) is 20.3. The fourth-order valence-electron chi connectivity index (χ4n) is 2.65. The van der Waals surface area contributed by atoms with E-state index in [-0.39, 0.29) is 41.8 Å². The molecular formula is C22H42N4O4. The van der Waals surface area contributed by atoms with E-state index in [1.807, 2.05) is 32.8 Å². The summed E-state index contributed by atoms with van der Waals surface area (Å²) in [7, 11) is 5.38. The van der Waals surface area contributed by atoms with Crippen LogP contribution in [0.5, 0.6) is 0 Å². The SMILES string of the molecule is CC(C)C(=O)NCCC(C)C(=O)N(C)[C@@H](CC(=O)C(C)(C)C)C(=O)NCCN(C)C. The number of ketones is 1. The Hall–Kier alpha value is -1.96. The Morgan fingerprint density at radius 1 is 0.867 bits per heavy atom. The Morgan fingerprint density at radius 2 is 1.40 bits per heavy atom. The van der Waals surface area contributed by atoms with E-state index >= 15 is 0 Å². The van der Waals surface area contributed by atoms with Gasteiger partial charge in [-0.15, -0.1) is 0 Å². The third-order valence-corrected chi connectivity index (χ3v) is 5.01. The van der Waals surface area contributed by atoms with E-state index in [0.29, 0.717) is 26.1 Å². The molecule has 1 unspecified atom stereocenters. The van der Waals surface area contributed by atoms with Crippen LogP contribution in [0.15, 0.2) is 0 Å². The van der Waals surface area contributed by atoms with Crippen molar-refractivity contribution in [2.45, 2.75) is 60.4 Å². The van der Waals surface area contributed by atoms with Crippen LogP contribution in [0.1, 0.15) is 54.4 Å². The van der Waals surface area contributed by atoms with Crippen LogP contribution < -0.4 is 10.6 Å². The molecule has 0 fully saturated rings. The van der Waals surface area contributed by atoms with Crippen molar-refractivity contribution in [2.24, 2.45) is 17.3 Å². The molecular weight excluding hydrogens is 384 g/mol. The zero-order valence-electron chi connectivity index (χ0n) is 20.3.